The Labute approximate surface area is 109 Å². The van der Waals surface area contributed by atoms with Crippen molar-refractivity contribution in [1.29, 1.82) is 0 Å². The van der Waals surface area contributed by atoms with Crippen molar-refractivity contribution in [2.75, 3.05) is 30.3 Å². The van der Waals surface area contributed by atoms with Crippen molar-refractivity contribution in [3.05, 3.63) is 23.8 Å². The Morgan fingerprint density at radius 1 is 1.47 bits per heavy atom. The molecule has 0 aromatic heterocycles. The number of anilines is 2. The van der Waals surface area contributed by atoms with E-state index >= 15 is 0 Å². The Hall–Kier alpha value is -2.05. The third kappa shape index (κ3) is 3.04. The van der Waals surface area contributed by atoms with Crippen molar-refractivity contribution in [2.24, 2.45) is 5.92 Å². The van der Waals surface area contributed by atoms with Gasteiger partial charge in [0.05, 0.1) is 0 Å². The van der Waals surface area contributed by atoms with Gasteiger partial charge in [0.1, 0.15) is 5.69 Å². The van der Waals surface area contributed by atoms with Crippen molar-refractivity contribution in [2.45, 2.75) is 6.42 Å². The molecule has 0 bridgehead atoms. The number of nitrogens with zero attached hydrogens (tertiary/aromatic N) is 1. The van der Waals surface area contributed by atoms with Gasteiger partial charge in [-0.1, -0.05) is 0 Å². The summed E-state index contributed by atoms with van der Waals surface area (Å²) in [6, 6.07) is 2.17. The predicted molar refractivity (Wildman–Crippen MR) is 67.1 cm³/mol. The fourth-order valence-corrected chi connectivity index (χ4v) is 2.32. The molecule has 104 valence electrons. The van der Waals surface area contributed by atoms with E-state index in [9.17, 15) is 13.6 Å². The second kappa shape index (κ2) is 5.29. The number of nitrogens with two attached hydrogens (primary N) is 1. The normalized spacial score (nSPS) is 18.6. The third-order valence-electron chi connectivity index (χ3n) is 3.18. The van der Waals surface area contributed by atoms with Crippen LogP contribution in [-0.4, -0.2) is 30.8 Å². The Bertz CT molecular complexity index is 473. The lowest BCUT2D eigenvalue weighted by Crippen LogP contribution is -2.30. The van der Waals surface area contributed by atoms with Crippen LogP contribution in [0.3, 0.4) is 0 Å². The van der Waals surface area contributed by atoms with Gasteiger partial charge in [0.25, 0.3) is 0 Å². The molecular formula is C12H15F2N3O2. The SMILES string of the molecule is Nc1cc(F)c(N2CCC(CNC(=O)O)C2)c(F)c1. The van der Waals surface area contributed by atoms with Gasteiger partial charge in [0, 0.05) is 25.3 Å². The monoisotopic (exact) mass is 271 g/mol. The summed E-state index contributed by atoms with van der Waals surface area (Å²) in [5.41, 5.74) is 5.31. The van der Waals surface area contributed by atoms with E-state index in [2.05, 4.69) is 5.32 Å². The van der Waals surface area contributed by atoms with E-state index in [1.807, 2.05) is 0 Å². The van der Waals surface area contributed by atoms with E-state index < -0.39 is 17.7 Å². The highest BCUT2D eigenvalue weighted by atomic mass is 19.1. The molecule has 1 aromatic rings. The third-order valence-corrected chi connectivity index (χ3v) is 3.18. The number of nitrogen functional groups attached to an aromatic ring is 1. The molecule has 1 fully saturated rings. The van der Waals surface area contributed by atoms with Crippen LogP contribution in [0.25, 0.3) is 0 Å². The van der Waals surface area contributed by atoms with Crippen LogP contribution in [0, 0.1) is 17.6 Å². The van der Waals surface area contributed by atoms with Gasteiger partial charge in [-0.15, -0.1) is 0 Å². The number of nitrogens with one attached hydrogen (secondary N) is 1. The topological polar surface area (TPSA) is 78.6 Å². The Kier molecular flexibility index (Phi) is 3.73. The fraction of sp³-hybridized carbons (Fsp3) is 0.417. The van der Waals surface area contributed by atoms with Gasteiger partial charge in [-0.05, 0) is 24.5 Å². The molecule has 1 atom stereocenters. The van der Waals surface area contributed by atoms with Gasteiger partial charge >= 0.3 is 6.09 Å². The number of benzene rings is 1. The van der Waals surface area contributed by atoms with Crippen LogP contribution in [0.2, 0.25) is 0 Å². The molecule has 5 nitrogen and oxygen atoms in total. The summed E-state index contributed by atoms with van der Waals surface area (Å²) in [5.74, 6) is -1.33. The second-order valence-electron chi connectivity index (χ2n) is 4.62. The van der Waals surface area contributed by atoms with Crippen LogP contribution in [0.15, 0.2) is 12.1 Å². The maximum absolute atomic E-state index is 13.7. The van der Waals surface area contributed by atoms with E-state index in [-0.39, 0.29) is 23.8 Å². The molecule has 1 saturated heterocycles. The molecule has 2 rings (SSSR count). The van der Waals surface area contributed by atoms with Crippen LogP contribution in [0.4, 0.5) is 25.0 Å². The lowest BCUT2D eigenvalue weighted by Gasteiger charge is -2.20. The highest BCUT2D eigenvalue weighted by Gasteiger charge is 2.27. The van der Waals surface area contributed by atoms with Crippen molar-refractivity contribution >= 4 is 17.5 Å². The summed E-state index contributed by atoms with van der Waals surface area (Å²) in [4.78, 5) is 12.0. The molecule has 1 amide bonds. The zero-order valence-corrected chi connectivity index (χ0v) is 10.2. The number of carbonyl (C=O) groups is 1. The molecule has 1 unspecified atom stereocenters. The average Bonchev–Trinajstić information content (AvgIpc) is 2.73. The first-order chi connectivity index (χ1) is 8.97. The minimum atomic E-state index is -1.09. The van der Waals surface area contributed by atoms with Crippen molar-refractivity contribution in [3.63, 3.8) is 0 Å². The lowest BCUT2D eigenvalue weighted by molar-refractivity contribution is 0.192. The molecule has 1 aliphatic heterocycles. The summed E-state index contributed by atoms with van der Waals surface area (Å²) >= 11 is 0. The standard InChI is InChI=1S/C12H15F2N3O2/c13-9-3-8(15)4-10(14)11(9)17-2-1-7(6-17)5-16-12(18)19/h3-4,7,16H,1-2,5-6,15H2,(H,18,19). The summed E-state index contributed by atoms with van der Waals surface area (Å²) in [6.07, 6.45) is -0.410. The smallest absolute Gasteiger partial charge is 0.404 e. The zero-order chi connectivity index (χ0) is 14.0. The van der Waals surface area contributed by atoms with E-state index in [0.29, 0.717) is 19.5 Å². The molecule has 0 spiro atoms. The summed E-state index contributed by atoms with van der Waals surface area (Å²) in [6.45, 7) is 1.19. The van der Waals surface area contributed by atoms with E-state index in [1.165, 1.54) is 0 Å². The molecule has 19 heavy (non-hydrogen) atoms. The lowest BCUT2D eigenvalue weighted by atomic mass is 10.1. The summed E-state index contributed by atoms with van der Waals surface area (Å²) in [5, 5.41) is 10.8. The quantitative estimate of drug-likeness (QED) is 0.730. The van der Waals surface area contributed by atoms with Crippen molar-refractivity contribution < 1.29 is 18.7 Å². The Morgan fingerprint density at radius 3 is 2.68 bits per heavy atom. The Morgan fingerprint density at radius 2 is 2.11 bits per heavy atom. The van der Waals surface area contributed by atoms with Crippen LogP contribution < -0.4 is 16.0 Å². The number of amides is 1. The van der Waals surface area contributed by atoms with Gasteiger partial charge in [-0.25, -0.2) is 13.6 Å². The second-order valence-corrected chi connectivity index (χ2v) is 4.62. The van der Waals surface area contributed by atoms with Crippen LogP contribution in [-0.2, 0) is 0 Å². The van der Waals surface area contributed by atoms with Crippen LogP contribution >= 0.6 is 0 Å². The van der Waals surface area contributed by atoms with Crippen molar-refractivity contribution in [3.8, 4) is 0 Å². The molecule has 0 saturated carbocycles. The molecule has 1 heterocycles. The molecular weight excluding hydrogens is 256 g/mol. The first-order valence-electron chi connectivity index (χ1n) is 5.93. The first kappa shape index (κ1) is 13.4. The van der Waals surface area contributed by atoms with Gasteiger partial charge in [0.15, 0.2) is 11.6 Å². The van der Waals surface area contributed by atoms with Gasteiger partial charge in [-0.3, -0.25) is 0 Å². The summed E-state index contributed by atoms with van der Waals surface area (Å²) in [7, 11) is 0. The minimum absolute atomic E-state index is 0.0436. The van der Waals surface area contributed by atoms with Gasteiger partial charge < -0.3 is 21.1 Å². The number of rotatable bonds is 3. The van der Waals surface area contributed by atoms with Crippen LogP contribution in [0.5, 0.6) is 0 Å². The molecule has 1 aliphatic rings. The first-order valence-corrected chi connectivity index (χ1v) is 5.93. The predicted octanol–water partition coefficient (Wildman–Crippen LogP) is 1.64. The number of halogens is 2. The zero-order valence-electron chi connectivity index (χ0n) is 10.2. The van der Waals surface area contributed by atoms with Gasteiger partial charge in [0.2, 0.25) is 0 Å². The Balaban J connectivity index is 2.07. The van der Waals surface area contributed by atoms with E-state index in [1.54, 1.807) is 4.90 Å². The highest BCUT2D eigenvalue weighted by Crippen LogP contribution is 2.30. The van der Waals surface area contributed by atoms with E-state index in [4.69, 9.17) is 10.8 Å². The van der Waals surface area contributed by atoms with E-state index in [0.717, 1.165) is 12.1 Å². The van der Waals surface area contributed by atoms with Crippen molar-refractivity contribution in [1.82, 2.24) is 5.32 Å². The largest absolute Gasteiger partial charge is 0.465 e. The van der Waals surface area contributed by atoms with Crippen LogP contribution in [0.1, 0.15) is 6.42 Å². The molecule has 7 heteroatoms. The molecule has 1 aromatic carbocycles. The van der Waals surface area contributed by atoms with Gasteiger partial charge in [-0.2, -0.15) is 0 Å². The minimum Gasteiger partial charge on any atom is -0.465 e. The average molecular weight is 271 g/mol. The molecule has 4 N–H and O–H groups in total. The molecule has 0 radical (unpaired) electrons. The maximum Gasteiger partial charge on any atom is 0.404 e. The maximum atomic E-state index is 13.7. The number of hydrogen-bond acceptors (Lipinski definition) is 3. The highest BCUT2D eigenvalue weighted by molar-refractivity contribution is 5.64. The number of hydrogen-bond donors (Lipinski definition) is 3. The number of carboxylic acid groups (broad SMARTS) is 1. The molecule has 0 aliphatic carbocycles. The summed E-state index contributed by atoms with van der Waals surface area (Å²) < 4.78 is 27.5. The fourth-order valence-electron chi connectivity index (χ4n) is 2.32.